The number of hydrogen-bond acceptors (Lipinski definition) is 6. The molecule has 2 fully saturated rings. The van der Waals surface area contributed by atoms with Gasteiger partial charge in [-0.05, 0) is 37.3 Å². The lowest BCUT2D eigenvalue weighted by Crippen LogP contribution is -2.32. The largest absolute Gasteiger partial charge is 0.469 e. The first-order valence-corrected chi connectivity index (χ1v) is 9.28. The van der Waals surface area contributed by atoms with Crippen LogP contribution in [0.3, 0.4) is 0 Å². The zero-order chi connectivity index (χ0) is 17.8. The second kappa shape index (κ2) is 7.85. The molecule has 5 nitrogen and oxygen atoms in total. The molecule has 26 heavy (non-hydrogen) atoms. The standard InChI is InChI=1S/C19H18FN3O2S/c20-16-8-4-3-7-14(16)6-2-1-5-11-24-18-19(22-26-21-18)25-17-13-23-10-9-15(17)12-23/h1,3-5,7-8,15,17H,9-13H2/b5-1-. The molecule has 3 heterocycles. The van der Waals surface area contributed by atoms with Gasteiger partial charge in [0.15, 0.2) is 0 Å². The maximum absolute atomic E-state index is 13.4. The van der Waals surface area contributed by atoms with Gasteiger partial charge >= 0.3 is 0 Å². The molecule has 2 aliphatic heterocycles. The molecule has 134 valence electrons. The van der Waals surface area contributed by atoms with E-state index in [4.69, 9.17) is 9.47 Å². The number of halogens is 1. The summed E-state index contributed by atoms with van der Waals surface area (Å²) in [6.45, 7) is 3.53. The molecule has 2 bridgehead atoms. The summed E-state index contributed by atoms with van der Waals surface area (Å²) < 4.78 is 33.4. The summed E-state index contributed by atoms with van der Waals surface area (Å²) >= 11 is 1.08. The molecule has 2 aromatic rings. The molecular formula is C19H18FN3O2S. The van der Waals surface area contributed by atoms with E-state index in [9.17, 15) is 4.39 Å². The van der Waals surface area contributed by atoms with E-state index in [1.807, 2.05) is 0 Å². The van der Waals surface area contributed by atoms with Crippen LogP contribution in [0.5, 0.6) is 11.8 Å². The SMILES string of the molecule is Fc1ccccc1C#C/C=C\COc1nsnc1OC1CN2CCC1C2. The van der Waals surface area contributed by atoms with Crippen LogP contribution in [0.1, 0.15) is 12.0 Å². The molecule has 4 rings (SSSR count). The smallest absolute Gasteiger partial charge is 0.291 e. The van der Waals surface area contributed by atoms with E-state index in [-0.39, 0.29) is 11.9 Å². The zero-order valence-electron chi connectivity index (χ0n) is 14.1. The van der Waals surface area contributed by atoms with E-state index in [1.54, 1.807) is 30.4 Å². The number of aromatic nitrogens is 2. The van der Waals surface area contributed by atoms with Gasteiger partial charge in [0.1, 0.15) is 18.5 Å². The molecule has 0 saturated carbocycles. The molecular weight excluding hydrogens is 353 g/mol. The Morgan fingerprint density at radius 3 is 2.96 bits per heavy atom. The van der Waals surface area contributed by atoms with Crippen molar-refractivity contribution in [3.05, 3.63) is 47.8 Å². The second-order valence-corrected chi connectivity index (χ2v) is 6.83. The van der Waals surface area contributed by atoms with Crippen LogP contribution in [0, 0.1) is 23.6 Å². The third kappa shape index (κ3) is 3.87. The van der Waals surface area contributed by atoms with Crippen molar-refractivity contribution in [2.24, 2.45) is 5.92 Å². The van der Waals surface area contributed by atoms with E-state index >= 15 is 0 Å². The monoisotopic (exact) mass is 371 g/mol. The van der Waals surface area contributed by atoms with E-state index in [0.29, 0.717) is 29.8 Å². The Balaban J connectivity index is 1.28. The van der Waals surface area contributed by atoms with E-state index in [0.717, 1.165) is 24.8 Å². The van der Waals surface area contributed by atoms with Crippen LogP contribution < -0.4 is 9.47 Å². The van der Waals surface area contributed by atoms with E-state index in [2.05, 4.69) is 25.5 Å². The van der Waals surface area contributed by atoms with Gasteiger partial charge in [-0.25, -0.2) is 4.39 Å². The van der Waals surface area contributed by atoms with Crippen LogP contribution in [0.15, 0.2) is 36.4 Å². The molecule has 0 spiro atoms. The fourth-order valence-electron chi connectivity index (χ4n) is 3.26. The molecule has 3 unspecified atom stereocenters. The lowest BCUT2D eigenvalue weighted by atomic mass is 10.0. The Morgan fingerprint density at radius 1 is 1.27 bits per heavy atom. The lowest BCUT2D eigenvalue weighted by Gasteiger charge is -2.22. The van der Waals surface area contributed by atoms with Crippen molar-refractivity contribution < 1.29 is 13.9 Å². The Morgan fingerprint density at radius 2 is 2.15 bits per heavy atom. The summed E-state index contributed by atoms with van der Waals surface area (Å²) in [6.07, 6.45) is 4.75. The van der Waals surface area contributed by atoms with Crippen molar-refractivity contribution in [3.8, 4) is 23.6 Å². The van der Waals surface area contributed by atoms with Crippen molar-refractivity contribution in [2.45, 2.75) is 12.5 Å². The van der Waals surface area contributed by atoms with Crippen LogP contribution in [-0.4, -0.2) is 46.0 Å². The van der Waals surface area contributed by atoms with Crippen LogP contribution in [-0.2, 0) is 0 Å². The molecule has 2 aliphatic rings. The first-order chi connectivity index (χ1) is 12.8. The predicted molar refractivity (Wildman–Crippen MR) is 96.8 cm³/mol. The first kappa shape index (κ1) is 17.0. The lowest BCUT2D eigenvalue weighted by molar-refractivity contribution is 0.130. The maximum atomic E-state index is 13.4. The summed E-state index contributed by atoms with van der Waals surface area (Å²) in [5.41, 5.74) is 0.374. The van der Waals surface area contributed by atoms with Gasteiger partial charge in [0.05, 0.1) is 17.3 Å². The van der Waals surface area contributed by atoms with Crippen molar-refractivity contribution in [1.29, 1.82) is 0 Å². The van der Waals surface area contributed by atoms with Gasteiger partial charge in [0.2, 0.25) is 0 Å². The third-order valence-electron chi connectivity index (χ3n) is 4.56. The zero-order valence-corrected chi connectivity index (χ0v) is 14.9. The molecule has 7 heteroatoms. The highest BCUT2D eigenvalue weighted by Crippen LogP contribution is 2.33. The minimum Gasteiger partial charge on any atom is -0.469 e. The fraction of sp³-hybridized carbons (Fsp3) is 0.368. The summed E-state index contributed by atoms with van der Waals surface area (Å²) in [5.74, 6) is 6.70. The first-order valence-electron chi connectivity index (χ1n) is 8.55. The van der Waals surface area contributed by atoms with E-state index in [1.165, 1.54) is 19.0 Å². The highest BCUT2D eigenvalue weighted by atomic mass is 32.1. The fourth-order valence-corrected chi connectivity index (χ4v) is 3.70. The summed E-state index contributed by atoms with van der Waals surface area (Å²) in [7, 11) is 0. The summed E-state index contributed by atoms with van der Waals surface area (Å²) in [4.78, 5) is 2.41. The second-order valence-electron chi connectivity index (χ2n) is 6.30. The Labute approximate surface area is 155 Å². The Kier molecular flexibility index (Phi) is 5.14. The molecule has 0 radical (unpaired) electrons. The van der Waals surface area contributed by atoms with Gasteiger partial charge in [-0.15, -0.1) is 8.75 Å². The van der Waals surface area contributed by atoms with Crippen molar-refractivity contribution >= 4 is 11.7 Å². The van der Waals surface area contributed by atoms with Crippen LogP contribution in [0.25, 0.3) is 0 Å². The Bertz CT molecular complexity index is 858. The number of ether oxygens (including phenoxy) is 2. The van der Waals surface area contributed by atoms with Gasteiger partial charge in [-0.1, -0.05) is 24.0 Å². The van der Waals surface area contributed by atoms with Gasteiger partial charge < -0.3 is 9.47 Å². The molecule has 1 aromatic carbocycles. The van der Waals surface area contributed by atoms with Gasteiger partial charge in [0, 0.05) is 19.0 Å². The number of piperidine rings is 1. The number of fused-ring (bicyclic) bond motifs is 2. The average Bonchev–Trinajstić information content (AvgIpc) is 3.37. The number of allylic oxidation sites excluding steroid dienone is 1. The quantitative estimate of drug-likeness (QED) is 0.757. The molecule has 0 aliphatic carbocycles. The Hall–Kier alpha value is -2.43. The number of hydrogen-bond donors (Lipinski definition) is 0. The van der Waals surface area contributed by atoms with Crippen molar-refractivity contribution in [1.82, 2.24) is 13.6 Å². The minimum atomic E-state index is -0.322. The van der Waals surface area contributed by atoms with Crippen molar-refractivity contribution in [2.75, 3.05) is 26.2 Å². The molecule has 0 N–H and O–H groups in total. The van der Waals surface area contributed by atoms with Crippen LogP contribution in [0.4, 0.5) is 4.39 Å². The van der Waals surface area contributed by atoms with Crippen LogP contribution >= 0.6 is 11.7 Å². The molecule has 2 saturated heterocycles. The minimum absolute atomic E-state index is 0.178. The van der Waals surface area contributed by atoms with Gasteiger partial charge in [-0.2, -0.15) is 0 Å². The number of benzene rings is 1. The summed E-state index contributed by atoms with van der Waals surface area (Å²) in [5, 5.41) is 0. The average molecular weight is 371 g/mol. The molecule has 0 amide bonds. The maximum Gasteiger partial charge on any atom is 0.291 e. The van der Waals surface area contributed by atoms with Crippen molar-refractivity contribution in [3.63, 3.8) is 0 Å². The number of nitrogens with zero attached hydrogens (tertiary/aromatic N) is 3. The highest BCUT2D eigenvalue weighted by molar-refractivity contribution is 6.99. The van der Waals surface area contributed by atoms with Crippen LogP contribution in [0.2, 0.25) is 0 Å². The normalized spacial score (nSPS) is 23.8. The molecule has 1 aromatic heterocycles. The topological polar surface area (TPSA) is 47.5 Å². The molecule has 3 atom stereocenters. The van der Waals surface area contributed by atoms with E-state index < -0.39 is 0 Å². The summed E-state index contributed by atoms with van der Waals surface area (Å²) in [6, 6.07) is 6.42. The third-order valence-corrected chi connectivity index (χ3v) is 5.06. The van der Waals surface area contributed by atoms with Gasteiger partial charge in [-0.3, -0.25) is 4.90 Å². The number of rotatable bonds is 5. The predicted octanol–water partition coefficient (Wildman–Crippen LogP) is 2.75. The highest BCUT2D eigenvalue weighted by Gasteiger charge is 2.40. The van der Waals surface area contributed by atoms with Gasteiger partial charge in [0.25, 0.3) is 11.8 Å².